The molecule has 3 heteroatoms. The Morgan fingerprint density at radius 3 is 1.81 bits per heavy atom. The Balaban J connectivity index is 3.30. The summed E-state index contributed by atoms with van der Waals surface area (Å²) in [5, 5.41) is 0. The van der Waals surface area contributed by atoms with Gasteiger partial charge in [0.15, 0.2) is 6.29 Å². The van der Waals surface area contributed by atoms with Gasteiger partial charge in [-0.15, -0.1) is 0 Å². The molecule has 0 aromatic rings. The maximum atomic E-state index is 11.7. The molecule has 0 spiro atoms. The number of hydrogen-bond acceptors (Lipinski definition) is 3. The Labute approximate surface area is 162 Å². The van der Waals surface area contributed by atoms with E-state index < -0.39 is 6.29 Å². The van der Waals surface area contributed by atoms with Gasteiger partial charge in [0.1, 0.15) is 0 Å². The van der Waals surface area contributed by atoms with Crippen LogP contribution in [-0.2, 0) is 14.3 Å². The molecule has 0 fully saturated rings. The summed E-state index contributed by atoms with van der Waals surface area (Å²) in [4.78, 5) is 11.7. The fraction of sp³-hybridized carbons (Fsp3) is 0.870. The van der Waals surface area contributed by atoms with E-state index in [-0.39, 0.29) is 12.1 Å². The van der Waals surface area contributed by atoms with Gasteiger partial charge in [0, 0.05) is 6.42 Å². The van der Waals surface area contributed by atoms with Gasteiger partial charge in [0.2, 0.25) is 0 Å². The number of esters is 1. The molecule has 0 rings (SSSR count). The Morgan fingerprint density at radius 2 is 1.27 bits per heavy atom. The minimum absolute atomic E-state index is 0.0812. The van der Waals surface area contributed by atoms with Crippen LogP contribution in [0.5, 0.6) is 0 Å². The van der Waals surface area contributed by atoms with Gasteiger partial charge in [-0.3, -0.25) is 4.79 Å². The predicted octanol–water partition coefficient (Wildman–Crippen LogP) is 7.34. The fourth-order valence-electron chi connectivity index (χ4n) is 3.00. The molecule has 0 aliphatic rings. The van der Waals surface area contributed by atoms with Crippen LogP contribution in [-0.4, -0.2) is 18.4 Å². The van der Waals surface area contributed by atoms with E-state index in [9.17, 15) is 4.79 Å². The molecule has 0 aromatic heterocycles. The summed E-state index contributed by atoms with van der Waals surface area (Å²) in [5.41, 5.74) is 0. The predicted molar refractivity (Wildman–Crippen MR) is 111 cm³/mol. The maximum Gasteiger partial charge on any atom is 0.308 e. The highest BCUT2D eigenvalue weighted by Gasteiger charge is 2.10. The molecule has 0 N–H and O–H groups in total. The van der Waals surface area contributed by atoms with Crippen LogP contribution in [0.3, 0.4) is 0 Å². The van der Waals surface area contributed by atoms with Crippen molar-refractivity contribution in [2.24, 2.45) is 0 Å². The lowest BCUT2D eigenvalue weighted by molar-refractivity contribution is -0.181. The summed E-state index contributed by atoms with van der Waals surface area (Å²) >= 11 is 0. The first-order valence-electron chi connectivity index (χ1n) is 11.1. The second-order valence-electron chi connectivity index (χ2n) is 7.58. The van der Waals surface area contributed by atoms with E-state index in [0.717, 1.165) is 12.8 Å². The van der Waals surface area contributed by atoms with E-state index in [1.54, 1.807) is 6.92 Å². The van der Waals surface area contributed by atoms with Gasteiger partial charge in [-0.25, -0.2) is 0 Å². The van der Waals surface area contributed by atoms with E-state index in [4.69, 9.17) is 9.47 Å². The van der Waals surface area contributed by atoms with Crippen molar-refractivity contribution in [3.8, 4) is 0 Å². The van der Waals surface area contributed by atoms with Gasteiger partial charge < -0.3 is 9.47 Å². The van der Waals surface area contributed by atoms with E-state index >= 15 is 0 Å². The third kappa shape index (κ3) is 19.5. The first-order valence-corrected chi connectivity index (χ1v) is 11.1. The zero-order chi connectivity index (χ0) is 19.5. The third-order valence-corrected chi connectivity index (χ3v) is 4.40. The molecule has 0 heterocycles. The summed E-state index contributed by atoms with van der Waals surface area (Å²) < 4.78 is 10.6. The molecular weight excluding hydrogens is 324 g/mol. The van der Waals surface area contributed by atoms with Crippen LogP contribution in [0.25, 0.3) is 0 Å². The molecule has 154 valence electrons. The van der Waals surface area contributed by atoms with E-state index in [0.29, 0.717) is 6.42 Å². The minimum atomic E-state index is -0.439. The van der Waals surface area contributed by atoms with Crippen LogP contribution in [0, 0.1) is 0 Å². The van der Waals surface area contributed by atoms with Crippen molar-refractivity contribution in [2.45, 2.75) is 130 Å². The van der Waals surface area contributed by atoms with Gasteiger partial charge in [-0.2, -0.15) is 0 Å². The standard InChI is InChI=1S/C23H44O3/c1-5-6-7-8-9-10-11-12-13-14-15-16-17-18-19-20-23(24)26-22(4)25-21(2)3/h12-13,21-22H,5-11,14-20H2,1-4H3/b13-12-. The molecule has 1 atom stereocenters. The molecule has 0 radical (unpaired) electrons. The average Bonchev–Trinajstić information content (AvgIpc) is 2.57. The van der Waals surface area contributed by atoms with Crippen molar-refractivity contribution in [2.75, 3.05) is 0 Å². The first-order chi connectivity index (χ1) is 12.6. The summed E-state index contributed by atoms with van der Waals surface area (Å²) in [6.45, 7) is 7.92. The SMILES string of the molecule is CCCCCCCC/C=C\CCCCCCCC(=O)OC(C)OC(C)C. The zero-order valence-corrected chi connectivity index (χ0v) is 17.9. The van der Waals surface area contributed by atoms with E-state index in [1.165, 1.54) is 70.6 Å². The Morgan fingerprint density at radius 1 is 0.769 bits per heavy atom. The van der Waals surface area contributed by atoms with Gasteiger partial charge >= 0.3 is 5.97 Å². The van der Waals surface area contributed by atoms with Gasteiger partial charge in [0.25, 0.3) is 0 Å². The lowest BCUT2D eigenvalue weighted by Crippen LogP contribution is -2.21. The monoisotopic (exact) mass is 368 g/mol. The van der Waals surface area contributed by atoms with Crippen molar-refractivity contribution in [1.82, 2.24) is 0 Å². The number of carbonyl (C=O) groups excluding carboxylic acids is 1. The van der Waals surface area contributed by atoms with Crippen molar-refractivity contribution >= 4 is 5.97 Å². The quantitative estimate of drug-likeness (QED) is 0.110. The van der Waals surface area contributed by atoms with Crippen molar-refractivity contribution in [1.29, 1.82) is 0 Å². The summed E-state index contributed by atoms with van der Waals surface area (Å²) in [6.07, 6.45) is 21.3. The number of unbranched alkanes of at least 4 members (excludes halogenated alkanes) is 11. The van der Waals surface area contributed by atoms with E-state index in [2.05, 4.69) is 19.1 Å². The molecule has 3 nitrogen and oxygen atoms in total. The van der Waals surface area contributed by atoms with Crippen molar-refractivity contribution < 1.29 is 14.3 Å². The molecule has 0 saturated carbocycles. The smallest absolute Gasteiger partial charge is 0.308 e. The number of carbonyl (C=O) groups is 1. The lowest BCUT2D eigenvalue weighted by Gasteiger charge is -2.16. The van der Waals surface area contributed by atoms with Gasteiger partial charge in [-0.05, 0) is 52.9 Å². The summed E-state index contributed by atoms with van der Waals surface area (Å²) in [5.74, 6) is -0.143. The Hall–Kier alpha value is -0.830. The second kappa shape index (κ2) is 18.9. The Bertz CT molecular complexity index is 336. The number of allylic oxidation sites excluding steroid dienone is 2. The highest BCUT2D eigenvalue weighted by atomic mass is 16.7. The molecule has 0 aromatic carbocycles. The minimum Gasteiger partial charge on any atom is -0.436 e. The average molecular weight is 369 g/mol. The topological polar surface area (TPSA) is 35.5 Å². The highest BCUT2D eigenvalue weighted by molar-refractivity contribution is 5.69. The van der Waals surface area contributed by atoms with Crippen molar-refractivity contribution in [3.63, 3.8) is 0 Å². The fourth-order valence-corrected chi connectivity index (χ4v) is 3.00. The highest BCUT2D eigenvalue weighted by Crippen LogP contribution is 2.11. The molecule has 26 heavy (non-hydrogen) atoms. The van der Waals surface area contributed by atoms with E-state index in [1.807, 2.05) is 13.8 Å². The van der Waals surface area contributed by atoms with Gasteiger partial charge in [0.05, 0.1) is 6.10 Å². The number of hydrogen-bond donors (Lipinski definition) is 0. The zero-order valence-electron chi connectivity index (χ0n) is 17.9. The lowest BCUT2D eigenvalue weighted by atomic mass is 10.1. The number of rotatable bonds is 18. The molecule has 0 aliphatic heterocycles. The molecule has 0 amide bonds. The Kier molecular flexibility index (Phi) is 18.3. The van der Waals surface area contributed by atoms with Crippen LogP contribution in [0.1, 0.15) is 118 Å². The normalized spacial score (nSPS) is 12.8. The summed E-state index contributed by atoms with van der Waals surface area (Å²) in [7, 11) is 0. The summed E-state index contributed by atoms with van der Waals surface area (Å²) in [6, 6.07) is 0. The van der Waals surface area contributed by atoms with Crippen molar-refractivity contribution in [3.05, 3.63) is 12.2 Å². The molecule has 0 bridgehead atoms. The van der Waals surface area contributed by atoms with Crippen LogP contribution in [0.15, 0.2) is 12.2 Å². The van der Waals surface area contributed by atoms with Crippen LogP contribution in [0.4, 0.5) is 0 Å². The second-order valence-corrected chi connectivity index (χ2v) is 7.58. The van der Waals surface area contributed by atoms with Crippen LogP contribution < -0.4 is 0 Å². The first kappa shape index (κ1) is 25.2. The van der Waals surface area contributed by atoms with Crippen LogP contribution >= 0.6 is 0 Å². The molecular formula is C23H44O3. The van der Waals surface area contributed by atoms with Gasteiger partial charge in [-0.1, -0.05) is 70.4 Å². The molecule has 0 saturated heterocycles. The number of ether oxygens (including phenoxy) is 2. The largest absolute Gasteiger partial charge is 0.436 e. The molecule has 0 aliphatic carbocycles. The maximum absolute atomic E-state index is 11.7. The molecule has 1 unspecified atom stereocenters. The van der Waals surface area contributed by atoms with Crippen LogP contribution in [0.2, 0.25) is 0 Å². The third-order valence-electron chi connectivity index (χ3n) is 4.40.